The van der Waals surface area contributed by atoms with Crippen LogP contribution in [0.5, 0.6) is 0 Å². The molecule has 0 radical (unpaired) electrons. The summed E-state index contributed by atoms with van der Waals surface area (Å²) in [5, 5.41) is 8.90. The molecule has 17 heavy (non-hydrogen) atoms. The van der Waals surface area contributed by atoms with Crippen molar-refractivity contribution >= 4 is 15.8 Å². The first-order chi connectivity index (χ1) is 7.85. The van der Waals surface area contributed by atoms with Gasteiger partial charge in [-0.3, -0.25) is 9.69 Å². The molecule has 0 bridgehead atoms. The number of sulfone groups is 1. The Bertz CT molecular complexity index is 366. The van der Waals surface area contributed by atoms with Crippen LogP contribution in [-0.4, -0.2) is 54.5 Å². The Morgan fingerprint density at radius 3 is 2.59 bits per heavy atom. The first-order valence-corrected chi connectivity index (χ1v) is 7.86. The van der Waals surface area contributed by atoms with Gasteiger partial charge < -0.3 is 5.11 Å². The molecule has 0 aromatic rings. The number of hydrogen-bond donors (Lipinski definition) is 1. The van der Waals surface area contributed by atoms with E-state index in [-0.39, 0.29) is 30.1 Å². The normalized spacial score (nSPS) is 25.0. The van der Waals surface area contributed by atoms with Crippen molar-refractivity contribution in [3.05, 3.63) is 0 Å². The van der Waals surface area contributed by atoms with Gasteiger partial charge in [-0.1, -0.05) is 13.3 Å². The molecular weight excluding hydrogens is 242 g/mol. The molecule has 0 aliphatic carbocycles. The predicted octanol–water partition coefficient (Wildman–Crippen LogP) is 0.749. The van der Waals surface area contributed by atoms with E-state index in [4.69, 9.17) is 5.11 Å². The van der Waals surface area contributed by atoms with Crippen LogP contribution in [0.1, 0.15) is 33.1 Å². The number of carbonyl (C=O) groups is 1. The van der Waals surface area contributed by atoms with Gasteiger partial charge in [0, 0.05) is 12.1 Å². The molecule has 100 valence electrons. The number of carboxylic acids is 1. The quantitative estimate of drug-likeness (QED) is 0.765. The maximum absolute atomic E-state index is 11.4. The molecule has 0 amide bonds. The fourth-order valence-electron chi connectivity index (χ4n) is 2.42. The molecule has 1 aliphatic heterocycles. The van der Waals surface area contributed by atoms with Gasteiger partial charge in [0.05, 0.1) is 18.1 Å². The Balaban J connectivity index is 2.73. The van der Waals surface area contributed by atoms with Gasteiger partial charge in [-0.2, -0.15) is 0 Å². The summed E-state index contributed by atoms with van der Waals surface area (Å²) in [6.07, 6.45) is 2.42. The molecule has 6 heteroatoms. The van der Waals surface area contributed by atoms with Crippen LogP contribution in [0.25, 0.3) is 0 Å². The third-order valence-corrected chi connectivity index (χ3v) is 5.02. The number of carboxylic acid groups (broad SMARTS) is 1. The summed E-state index contributed by atoms with van der Waals surface area (Å²) in [5.74, 6) is -0.599. The summed E-state index contributed by atoms with van der Waals surface area (Å²) in [6.45, 7) is 3.94. The largest absolute Gasteiger partial charge is 0.480 e. The van der Waals surface area contributed by atoms with E-state index >= 15 is 0 Å². The van der Waals surface area contributed by atoms with E-state index in [1.165, 1.54) is 0 Å². The summed E-state index contributed by atoms with van der Waals surface area (Å²) < 4.78 is 22.9. The lowest BCUT2D eigenvalue weighted by molar-refractivity contribution is -0.139. The second kappa shape index (κ2) is 5.82. The van der Waals surface area contributed by atoms with Crippen molar-refractivity contribution in [2.45, 2.75) is 45.2 Å². The molecule has 1 saturated heterocycles. The monoisotopic (exact) mass is 263 g/mol. The number of nitrogens with zero attached hydrogens (tertiary/aromatic N) is 1. The molecule has 1 heterocycles. The minimum absolute atomic E-state index is 0.0681. The first-order valence-electron chi connectivity index (χ1n) is 6.03. The third-order valence-electron chi connectivity index (χ3n) is 3.27. The molecule has 0 spiro atoms. The molecule has 1 rings (SSSR count). The van der Waals surface area contributed by atoms with Crippen LogP contribution in [-0.2, 0) is 14.6 Å². The highest BCUT2D eigenvalue weighted by atomic mass is 32.2. The van der Waals surface area contributed by atoms with Crippen molar-refractivity contribution < 1.29 is 18.3 Å². The maximum Gasteiger partial charge on any atom is 0.317 e. The average Bonchev–Trinajstić information content (AvgIpc) is 2.55. The summed E-state index contributed by atoms with van der Waals surface area (Å²) in [5.41, 5.74) is 0. The van der Waals surface area contributed by atoms with Crippen LogP contribution in [0.15, 0.2) is 0 Å². The highest BCUT2D eigenvalue weighted by molar-refractivity contribution is 7.91. The van der Waals surface area contributed by atoms with E-state index in [0.717, 1.165) is 12.8 Å². The molecule has 5 nitrogen and oxygen atoms in total. The van der Waals surface area contributed by atoms with Crippen LogP contribution in [0.4, 0.5) is 0 Å². The summed E-state index contributed by atoms with van der Waals surface area (Å²) in [7, 11) is -2.96. The van der Waals surface area contributed by atoms with E-state index in [2.05, 4.69) is 0 Å². The molecule has 1 fully saturated rings. The molecular formula is C11H21NO4S. The molecule has 0 saturated carbocycles. The standard InChI is InChI=1S/C11H21NO4S/c1-3-4-9(2)12(7-11(13)14)10-5-6-17(15,16)8-10/h9-10H,3-8H2,1-2H3,(H,13,14). The van der Waals surface area contributed by atoms with Crippen LogP contribution in [0, 0.1) is 0 Å². The van der Waals surface area contributed by atoms with Gasteiger partial charge >= 0.3 is 5.97 Å². The smallest absolute Gasteiger partial charge is 0.317 e. The second-order valence-electron chi connectivity index (χ2n) is 4.76. The minimum Gasteiger partial charge on any atom is -0.480 e. The lowest BCUT2D eigenvalue weighted by Gasteiger charge is -2.32. The average molecular weight is 263 g/mol. The number of rotatable bonds is 6. The second-order valence-corrected chi connectivity index (χ2v) is 6.99. The fraction of sp³-hybridized carbons (Fsp3) is 0.909. The van der Waals surface area contributed by atoms with Crippen LogP contribution >= 0.6 is 0 Å². The third kappa shape index (κ3) is 4.27. The highest BCUT2D eigenvalue weighted by Gasteiger charge is 2.34. The van der Waals surface area contributed by atoms with Gasteiger partial charge in [-0.05, 0) is 19.8 Å². The van der Waals surface area contributed by atoms with Gasteiger partial charge in [0.25, 0.3) is 0 Å². The van der Waals surface area contributed by atoms with E-state index in [9.17, 15) is 13.2 Å². The Kier molecular flexibility index (Phi) is 4.94. The maximum atomic E-state index is 11.4. The van der Waals surface area contributed by atoms with Crippen molar-refractivity contribution in [1.82, 2.24) is 4.90 Å². The van der Waals surface area contributed by atoms with E-state index in [1.807, 2.05) is 18.7 Å². The van der Waals surface area contributed by atoms with Gasteiger partial charge in [0.1, 0.15) is 0 Å². The van der Waals surface area contributed by atoms with Crippen LogP contribution in [0.2, 0.25) is 0 Å². The SMILES string of the molecule is CCCC(C)N(CC(=O)O)C1CCS(=O)(=O)C1. The van der Waals surface area contributed by atoms with Crippen LogP contribution < -0.4 is 0 Å². The zero-order valence-corrected chi connectivity index (χ0v) is 11.2. The summed E-state index contributed by atoms with van der Waals surface area (Å²) >= 11 is 0. The number of hydrogen-bond acceptors (Lipinski definition) is 4. The summed E-state index contributed by atoms with van der Waals surface area (Å²) in [4.78, 5) is 12.7. The Morgan fingerprint density at radius 1 is 1.53 bits per heavy atom. The van der Waals surface area contributed by atoms with Gasteiger partial charge in [0.2, 0.25) is 0 Å². The molecule has 0 aromatic carbocycles. The molecule has 1 N–H and O–H groups in total. The molecule has 2 atom stereocenters. The van der Waals surface area contributed by atoms with Gasteiger partial charge in [-0.25, -0.2) is 8.42 Å². The van der Waals surface area contributed by atoms with Gasteiger partial charge in [-0.15, -0.1) is 0 Å². The van der Waals surface area contributed by atoms with Crippen molar-refractivity contribution in [3.8, 4) is 0 Å². The Labute approximate surface area is 103 Å². The predicted molar refractivity (Wildman–Crippen MR) is 65.8 cm³/mol. The summed E-state index contributed by atoms with van der Waals surface area (Å²) in [6, 6.07) is -0.00736. The number of aliphatic carboxylic acids is 1. The van der Waals surface area contributed by atoms with Gasteiger partial charge in [0.15, 0.2) is 9.84 Å². The zero-order valence-electron chi connectivity index (χ0n) is 10.4. The van der Waals surface area contributed by atoms with Crippen molar-refractivity contribution in [1.29, 1.82) is 0 Å². The van der Waals surface area contributed by atoms with Crippen molar-refractivity contribution in [2.24, 2.45) is 0 Å². The van der Waals surface area contributed by atoms with E-state index in [0.29, 0.717) is 6.42 Å². The Morgan fingerprint density at radius 2 is 2.18 bits per heavy atom. The Hall–Kier alpha value is -0.620. The topological polar surface area (TPSA) is 74.7 Å². The van der Waals surface area contributed by atoms with E-state index < -0.39 is 15.8 Å². The molecule has 2 unspecified atom stereocenters. The lowest BCUT2D eigenvalue weighted by atomic mass is 10.1. The van der Waals surface area contributed by atoms with E-state index in [1.54, 1.807) is 0 Å². The van der Waals surface area contributed by atoms with Crippen molar-refractivity contribution in [3.63, 3.8) is 0 Å². The van der Waals surface area contributed by atoms with Crippen molar-refractivity contribution in [2.75, 3.05) is 18.1 Å². The molecule has 1 aliphatic rings. The highest BCUT2D eigenvalue weighted by Crippen LogP contribution is 2.21. The minimum atomic E-state index is -2.96. The fourth-order valence-corrected chi connectivity index (χ4v) is 4.16. The first kappa shape index (κ1) is 14.4. The molecule has 0 aromatic heterocycles. The zero-order chi connectivity index (χ0) is 13.1. The lowest BCUT2D eigenvalue weighted by Crippen LogP contribution is -2.45. The van der Waals surface area contributed by atoms with Crippen LogP contribution in [0.3, 0.4) is 0 Å².